The van der Waals surface area contributed by atoms with Gasteiger partial charge in [-0.1, -0.05) is 13.8 Å². The summed E-state index contributed by atoms with van der Waals surface area (Å²) in [5.41, 5.74) is 0.867. The third-order valence-electron chi connectivity index (χ3n) is 5.07. The number of pyridine rings is 1. The molecule has 7 nitrogen and oxygen atoms in total. The van der Waals surface area contributed by atoms with Crippen LogP contribution >= 0.6 is 0 Å². The number of halogens is 3. The number of carbonyl (C=O) groups excluding carboxylic acids is 2. The fourth-order valence-electron chi connectivity index (χ4n) is 3.21. The average Bonchev–Trinajstić information content (AvgIpc) is 2.70. The second-order valence-electron chi connectivity index (χ2n) is 7.72. The summed E-state index contributed by atoms with van der Waals surface area (Å²) in [6, 6.07) is 1.63. The van der Waals surface area contributed by atoms with Crippen molar-refractivity contribution in [2.75, 3.05) is 23.3 Å². The third-order valence-corrected chi connectivity index (χ3v) is 5.07. The molecular formula is C20H24F3N5O2. The van der Waals surface area contributed by atoms with Crippen molar-refractivity contribution < 1.29 is 22.8 Å². The van der Waals surface area contributed by atoms with Gasteiger partial charge in [-0.15, -0.1) is 0 Å². The van der Waals surface area contributed by atoms with Crippen molar-refractivity contribution in [2.24, 2.45) is 16.8 Å². The lowest BCUT2D eigenvalue weighted by Gasteiger charge is -2.34. The van der Waals surface area contributed by atoms with Crippen LogP contribution in [0.1, 0.15) is 33.1 Å². The molecule has 2 aliphatic heterocycles. The van der Waals surface area contributed by atoms with E-state index in [1.54, 1.807) is 24.8 Å². The monoisotopic (exact) mass is 423 g/mol. The largest absolute Gasteiger partial charge is 0.369 e. The van der Waals surface area contributed by atoms with Crippen LogP contribution in [0, 0.1) is 11.8 Å². The Morgan fingerprint density at radius 3 is 2.60 bits per heavy atom. The number of amides is 2. The zero-order valence-corrected chi connectivity index (χ0v) is 16.8. The smallest absolute Gasteiger partial charge is 0.251 e. The van der Waals surface area contributed by atoms with Crippen LogP contribution in [0.15, 0.2) is 35.5 Å². The van der Waals surface area contributed by atoms with Crippen LogP contribution in [0.2, 0.25) is 0 Å². The van der Waals surface area contributed by atoms with Crippen molar-refractivity contribution in [1.29, 1.82) is 0 Å². The molecule has 0 aromatic carbocycles. The van der Waals surface area contributed by atoms with Crippen molar-refractivity contribution in [3.05, 3.63) is 30.5 Å². The SMILES string of the molecule is CC(C)C(=O)NC1=NC=C(F)C(C(=O)Nc2cnccc2N2CCC(F)(F)CC2)C1. The Morgan fingerprint density at radius 1 is 1.23 bits per heavy atom. The number of piperidine rings is 1. The minimum Gasteiger partial charge on any atom is -0.369 e. The minimum atomic E-state index is -2.70. The molecule has 1 atom stereocenters. The molecule has 0 aliphatic carbocycles. The summed E-state index contributed by atoms with van der Waals surface area (Å²) < 4.78 is 41.2. The lowest BCUT2D eigenvalue weighted by molar-refractivity contribution is -0.123. The lowest BCUT2D eigenvalue weighted by atomic mass is 10.00. The number of hydrogen-bond acceptors (Lipinski definition) is 5. The molecule has 3 heterocycles. The first-order chi connectivity index (χ1) is 14.2. The molecule has 10 heteroatoms. The van der Waals surface area contributed by atoms with Gasteiger partial charge in [-0.3, -0.25) is 14.6 Å². The number of aromatic nitrogens is 1. The molecule has 0 radical (unpaired) electrons. The van der Waals surface area contributed by atoms with Gasteiger partial charge in [0.15, 0.2) is 0 Å². The highest BCUT2D eigenvalue weighted by Gasteiger charge is 2.35. The first kappa shape index (κ1) is 21.8. The van der Waals surface area contributed by atoms with E-state index in [1.165, 1.54) is 12.4 Å². The van der Waals surface area contributed by atoms with Gasteiger partial charge in [0.2, 0.25) is 11.8 Å². The quantitative estimate of drug-likeness (QED) is 0.778. The molecule has 0 saturated carbocycles. The van der Waals surface area contributed by atoms with Gasteiger partial charge in [-0.25, -0.2) is 18.2 Å². The third kappa shape index (κ3) is 5.17. The van der Waals surface area contributed by atoms with Gasteiger partial charge in [0.05, 0.1) is 29.7 Å². The van der Waals surface area contributed by atoms with E-state index in [0.29, 0.717) is 11.4 Å². The maximum Gasteiger partial charge on any atom is 0.251 e. The number of rotatable bonds is 4. The maximum absolute atomic E-state index is 14.3. The van der Waals surface area contributed by atoms with Crippen LogP contribution in [0.3, 0.4) is 0 Å². The molecule has 30 heavy (non-hydrogen) atoms. The number of nitrogens with one attached hydrogen (secondary N) is 2. The maximum atomic E-state index is 14.3. The Labute approximate surface area is 172 Å². The molecule has 1 aromatic heterocycles. The first-order valence-corrected chi connectivity index (χ1v) is 9.77. The predicted octanol–water partition coefficient (Wildman–Crippen LogP) is 3.26. The fraction of sp³-hybridized carbons (Fsp3) is 0.500. The Balaban J connectivity index is 1.70. The molecule has 1 saturated heterocycles. The zero-order chi connectivity index (χ0) is 21.9. The molecule has 1 aromatic rings. The van der Waals surface area contributed by atoms with Crippen molar-refractivity contribution in [3.63, 3.8) is 0 Å². The standard InChI is InChI=1S/C20H24F3N5O2/c1-12(2)18(29)27-17-9-13(14(21)10-25-17)19(30)26-15-11-24-6-3-16(15)28-7-4-20(22,23)5-8-28/h3,6,10-13H,4-5,7-9H2,1-2H3,(H,26,30)(H,25,27,29). The van der Waals surface area contributed by atoms with E-state index in [0.717, 1.165) is 6.20 Å². The Kier molecular flexibility index (Phi) is 6.42. The van der Waals surface area contributed by atoms with Crippen LogP contribution in [0.4, 0.5) is 24.5 Å². The number of carbonyl (C=O) groups is 2. The highest BCUT2D eigenvalue weighted by atomic mass is 19.3. The Morgan fingerprint density at radius 2 is 1.93 bits per heavy atom. The summed E-state index contributed by atoms with van der Waals surface area (Å²) in [5.74, 6) is -5.57. The summed E-state index contributed by atoms with van der Waals surface area (Å²) in [4.78, 5) is 34.2. The molecular weight excluding hydrogens is 399 g/mol. The second kappa shape index (κ2) is 8.85. The van der Waals surface area contributed by atoms with Gasteiger partial charge in [-0.2, -0.15) is 0 Å². The summed E-state index contributed by atoms with van der Waals surface area (Å²) in [6.45, 7) is 3.69. The summed E-state index contributed by atoms with van der Waals surface area (Å²) in [7, 11) is 0. The van der Waals surface area contributed by atoms with E-state index in [-0.39, 0.29) is 50.0 Å². The van der Waals surface area contributed by atoms with E-state index in [9.17, 15) is 22.8 Å². The van der Waals surface area contributed by atoms with Crippen molar-refractivity contribution in [3.8, 4) is 0 Å². The van der Waals surface area contributed by atoms with Gasteiger partial charge in [0.1, 0.15) is 11.7 Å². The summed E-state index contributed by atoms with van der Waals surface area (Å²) >= 11 is 0. The Hall–Kier alpha value is -2.91. The number of nitrogens with zero attached hydrogens (tertiary/aromatic N) is 3. The molecule has 1 fully saturated rings. The van der Waals surface area contributed by atoms with Crippen LogP contribution in [0.5, 0.6) is 0 Å². The molecule has 0 spiro atoms. The molecule has 0 bridgehead atoms. The molecule has 2 N–H and O–H groups in total. The highest BCUT2D eigenvalue weighted by molar-refractivity contribution is 6.04. The Bertz CT molecular complexity index is 875. The molecule has 2 amide bonds. The van der Waals surface area contributed by atoms with Gasteiger partial charge in [0, 0.05) is 44.5 Å². The van der Waals surface area contributed by atoms with E-state index in [1.807, 2.05) is 0 Å². The van der Waals surface area contributed by atoms with Gasteiger partial charge in [0.25, 0.3) is 5.92 Å². The predicted molar refractivity (Wildman–Crippen MR) is 107 cm³/mol. The van der Waals surface area contributed by atoms with Crippen LogP contribution in [-0.2, 0) is 9.59 Å². The lowest BCUT2D eigenvalue weighted by Crippen LogP contribution is -2.40. The number of aliphatic imine (C=N–C) groups is 1. The number of anilines is 2. The first-order valence-electron chi connectivity index (χ1n) is 9.77. The van der Waals surface area contributed by atoms with Gasteiger partial charge >= 0.3 is 0 Å². The van der Waals surface area contributed by atoms with Crippen molar-refractivity contribution in [1.82, 2.24) is 10.3 Å². The normalized spacial score (nSPS) is 21.0. The molecule has 2 aliphatic rings. The van der Waals surface area contributed by atoms with Gasteiger partial charge in [-0.05, 0) is 6.07 Å². The molecule has 162 valence electrons. The van der Waals surface area contributed by atoms with E-state index in [2.05, 4.69) is 20.6 Å². The van der Waals surface area contributed by atoms with Crippen molar-refractivity contribution >= 4 is 29.0 Å². The van der Waals surface area contributed by atoms with E-state index >= 15 is 0 Å². The van der Waals surface area contributed by atoms with Crippen molar-refractivity contribution in [2.45, 2.75) is 39.0 Å². The second-order valence-corrected chi connectivity index (χ2v) is 7.72. The number of alkyl halides is 2. The topological polar surface area (TPSA) is 86.7 Å². The number of hydrogen-bond donors (Lipinski definition) is 2. The van der Waals surface area contributed by atoms with E-state index in [4.69, 9.17) is 0 Å². The van der Waals surface area contributed by atoms with Crippen LogP contribution in [0.25, 0.3) is 0 Å². The molecule has 3 rings (SSSR count). The highest BCUT2D eigenvalue weighted by Crippen LogP contribution is 2.34. The summed E-state index contributed by atoms with van der Waals surface area (Å²) in [6.07, 6.45) is 3.17. The number of amidine groups is 1. The van der Waals surface area contributed by atoms with Gasteiger partial charge < -0.3 is 15.5 Å². The minimum absolute atomic E-state index is 0.0990. The van der Waals surface area contributed by atoms with E-state index < -0.39 is 23.6 Å². The van der Waals surface area contributed by atoms with Crippen LogP contribution in [-0.4, -0.2) is 41.6 Å². The van der Waals surface area contributed by atoms with Crippen LogP contribution < -0.4 is 15.5 Å². The fourth-order valence-corrected chi connectivity index (χ4v) is 3.21. The zero-order valence-electron chi connectivity index (χ0n) is 16.8. The average molecular weight is 423 g/mol. The molecule has 1 unspecified atom stereocenters. The summed E-state index contributed by atoms with van der Waals surface area (Å²) in [5, 5.41) is 5.23.